The van der Waals surface area contributed by atoms with Gasteiger partial charge in [0.15, 0.2) is 0 Å². The van der Waals surface area contributed by atoms with E-state index in [1.807, 2.05) is 4.94 Å². The van der Waals surface area contributed by atoms with E-state index in [1.165, 1.54) is 0 Å². The molecule has 5 heteroatoms. The van der Waals surface area contributed by atoms with Gasteiger partial charge in [-0.2, -0.15) is 0 Å². The van der Waals surface area contributed by atoms with Gasteiger partial charge >= 0.3 is 79.4 Å². The van der Waals surface area contributed by atoms with E-state index < -0.39 is 5.97 Å². The molecule has 0 unspecified atom stereocenters. The molecule has 0 aliphatic rings. The van der Waals surface area contributed by atoms with E-state index in [0.29, 0.717) is 0 Å². The molecule has 0 aromatic carbocycles. The van der Waals surface area contributed by atoms with E-state index in [1.54, 1.807) is 13.2 Å². The fourth-order valence-corrected chi connectivity index (χ4v) is 3.05. The normalized spacial score (nSPS) is 10.5. The Hall–Kier alpha value is -1.19. The van der Waals surface area contributed by atoms with Crippen molar-refractivity contribution in [2.75, 3.05) is 7.11 Å². The number of rotatable bonds is 2. The Morgan fingerprint density at radius 1 is 1.69 bits per heavy atom. The Bertz CT molecular complexity index is 457. The third-order valence-electron chi connectivity index (χ3n) is 1.77. The Morgan fingerprint density at radius 3 is 3.08 bits per heavy atom. The standard InChI is InChI=1S/C8H7NO3Se/c1-12-5-3-13-6-2-4(8(10)11)9-7(5)6/h2-3,9H,1H3,(H,10,11). The van der Waals surface area contributed by atoms with Gasteiger partial charge in [0.1, 0.15) is 0 Å². The summed E-state index contributed by atoms with van der Waals surface area (Å²) in [4.78, 5) is 15.4. The number of carboxylic acids is 1. The van der Waals surface area contributed by atoms with Crippen molar-refractivity contribution >= 4 is 30.2 Å². The van der Waals surface area contributed by atoms with Gasteiger partial charge in [-0.3, -0.25) is 0 Å². The number of aromatic nitrogens is 1. The first-order valence-corrected chi connectivity index (χ1v) is 5.44. The number of ether oxygens (including phenoxy) is 1. The van der Waals surface area contributed by atoms with E-state index in [-0.39, 0.29) is 20.2 Å². The summed E-state index contributed by atoms with van der Waals surface area (Å²) in [5, 5.41) is 8.72. The number of nitrogens with one attached hydrogen (secondary N) is 1. The first-order chi connectivity index (χ1) is 6.22. The Labute approximate surface area is 79.9 Å². The summed E-state index contributed by atoms with van der Waals surface area (Å²) in [7, 11) is 1.58. The third kappa shape index (κ3) is 1.26. The number of fused-ring (bicyclic) bond motifs is 1. The van der Waals surface area contributed by atoms with Crippen LogP contribution < -0.4 is 4.74 Å². The first kappa shape index (κ1) is 8.41. The zero-order valence-electron chi connectivity index (χ0n) is 6.83. The number of carbonyl (C=O) groups is 1. The predicted molar refractivity (Wildman–Crippen MR) is 48.8 cm³/mol. The summed E-state index contributed by atoms with van der Waals surface area (Å²) < 4.78 is 6.13. The molecule has 0 atom stereocenters. The minimum atomic E-state index is -0.930. The summed E-state index contributed by atoms with van der Waals surface area (Å²) in [5.74, 6) is -0.178. The quantitative estimate of drug-likeness (QED) is 0.772. The summed E-state index contributed by atoms with van der Waals surface area (Å²) in [5.41, 5.74) is 1.05. The number of hydrogen-bond donors (Lipinski definition) is 2. The van der Waals surface area contributed by atoms with Crippen LogP contribution in [0.25, 0.3) is 9.78 Å². The van der Waals surface area contributed by atoms with E-state index in [9.17, 15) is 4.79 Å². The molecule has 0 fully saturated rings. The van der Waals surface area contributed by atoms with E-state index in [0.717, 1.165) is 15.5 Å². The number of aromatic amines is 1. The Balaban J connectivity index is 2.63. The van der Waals surface area contributed by atoms with Gasteiger partial charge in [0, 0.05) is 0 Å². The van der Waals surface area contributed by atoms with Crippen molar-refractivity contribution in [3.8, 4) is 5.75 Å². The van der Waals surface area contributed by atoms with Crippen molar-refractivity contribution < 1.29 is 14.6 Å². The fraction of sp³-hybridized carbons (Fsp3) is 0.125. The van der Waals surface area contributed by atoms with Crippen LogP contribution in [0.3, 0.4) is 0 Å². The topological polar surface area (TPSA) is 62.3 Å². The SMILES string of the molecule is COc1c[se]c2cc(C(=O)O)[nH]c12. The van der Waals surface area contributed by atoms with Crippen LogP contribution >= 0.6 is 0 Å². The van der Waals surface area contributed by atoms with Gasteiger partial charge in [-0.25, -0.2) is 0 Å². The van der Waals surface area contributed by atoms with Gasteiger partial charge < -0.3 is 0 Å². The van der Waals surface area contributed by atoms with Crippen LogP contribution in [-0.2, 0) is 0 Å². The third-order valence-corrected chi connectivity index (χ3v) is 3.68. The van der Waals surface area contributed by atoms with Gasteiger partial charge in [-0.1, -0.05) is 0 Å². The van der Waals surface area contributed by atoms with Crippen molar-refractivity contribution in [2.24, 2.45) is 0 Å². The van der Waals surface area contributed by atoms with Crippen LogP contribution in [0.4, 0.5) is 0 Å². The maximum atomic E-state index is 10.6. The number of hydrogen-bond acceptors (Lipinski definition) is 2. The van der Waals surface area contributed by atoms with Gasteiger partial charge in [-0.15, -0.1) is 0 Å². The van der Waals surface area contributed by atoms with Crippen LogP contribution in [0.5, 0.6) is 5.75 Å². The number of aromatic carboxylic acids is 1. The zero-order valence-corrected chi connectivity index (χ0v) is 8.54. The summed E-state index contributed by atoms with van der Waals surface area (Å²) >= 11 is 0.199. The predicted octanol–water partition coefficient (Wildman–Crippen LogP) is 0.932. The molecule has 13 heavy (non-hydrogen) atoms. The second kappa shape index (κ2) is 2.94. The average molecular weight is 244 g/mol. The molecule has 0 radical (unpaired) electrons. The molecule has 0 bridgehead atoms. The number of carboxylic acid groups (broad SMARTS) is 1. The van der Waals surface area contributed by atoms with E-state index in [4.69, 9.17) is 9.84 Å². The summed E-state index contributed by atoms with van der Waals surface area (Å²) in [6.07, 6.45) is 0. The molecule has 4 nitrogen and oxygen atoms in total. The molecule has 2 N–H and O–H groups in total. The number of methoxy groups -OCH3 is 1. The van der Waals surface area contributed by atoms with Crippen LogP contribution in [0.1, 0.15) is 10.5 Å². The van der Waals surface area contributed by atoms with Gasteiger partial charge in [0.25, 0.3) is 0 Å². The van der Waals surface area contributed by atoms with E-state index in [2.05, 4.69) is 4.98 Å². The molecule has 0 spiro atoms. The van der Waals surface area contributed by atoms with Gasteiger partial charge in [-0.05, 0) is 0 Å². The van der Waals surface area contributed by atoms with Crippen LogP contribution in [0, 0.1) is 0 Å². The van der Waals surface area contributed by atoms with Crippen molar-refractivity contribution in [3.05, 3.63) is 16.7 Å². The second-order valence-electron chi connectivity index (χ2n) is 2.53. The van der Waals surface area contributed by atoms with Crippen molar-refractivity contribution in [3.63, 3.8) is 0 Å². The fourth-order valence-electron chi connectivity index (χ4n) is 1.15. The average Bonchev–Trinajstić information content (AvgIpc) is 2.60. The van der Waals surface area contributed by atoms with Gasteiger partial charge in [0.05, 0.1) is 0 Å². The molecule has 68 valence electrons. The molecular weight excluding hydrogens is 237 g/mol. The molecule has 0 saturated carbocycles. The first-order valence-electron chi connectivity index (χ1n) is 3.60. The molecule has 2 rings (SSSR count). The molecule has 2 aromatic heterocycles. The molecular formula is C8H7NO3Se. The zero-order chi connectivity index (χ0) is 9.42. The molecule has 0 aliphatic carbocycles. The van der Waals surface area contributed by atoms with Crippen molar-refractivity contribution in [1.29, 1.82) is 0 Å². The summed E-state index contributed by atoms with van der Waals surface area (Å²) in [6.45, 7) is 0. The summed E-state index contributed by atoms with van der Waals surface area (Å²) in [6, 6.07) is 1.67. The monoisotopic (exact) mass is 245 g/mol. The van der Waals surface area contributed by atoms with Crippen LogP contribution in [0.2, 0.25) is 0 Å². The van der Waals surface area contributed by atoms with Crippen molar-refractivity contribution in [2.45, 2.75) is 0 Å². The van der Waals surface area contributed by atoms with Crippen molar-refractivity contribution in [1.82, 2.24) is 4.98 Å². The minimum absolute atomic E-state index is 0.199. The van der Waals surface area contributed by atoms with Crippen LogP contribution in [0.15, 0.2) is 11.0 Å². The molecule has 2 aromatic rings. The molecule has 0 aliphatic heterocycles. The molecule has 2 heterocycles. The number of H-pyrrole nitrogens is 1. The second-order valence-corrected chi connectivity index (χ2v) is 4.44. The van der Waals surface area contributed by atoms with Crippen LogP contribution in [-0.4, -0.2) is 37.7 Å². The Morgan fingerprint density at radius 2 is 2.46 bits per heavy atom. The maximum absolute atomic E-state index is 10.6. The van der Waals surface area contributed by atoms with Gasteiger partial charge in [0.2, 0.25) is 0 Å². The Kier molecular flexibility index (Phi) is 1.90. The van der Waals surface area contributed by atoms with E-state index >= 15 is 0 Å². The molecule has 0 saturated heterocycles. The molecule has 0 amide bonds.